The highest BCUT2D eigenvalue weighted by molar-refractivity contribution is 7.98. The molecule has 0 radical (unpaired) electrons. The van der Waals surface area contributed by atoms with Crippen molar-refractivity contribution in [2.75, 3.05) is 0 Å². The fraction of sp³-hybridized carbons (Fsp3) is 0.0667. The molecule has 0 unspecified atom stereocenters. The highest BCUT2D eigenvalue weighted by Crippen LogP contribution is 2.28. The van der Waals surface area contributed by atoms with E-state index in [1.807, 2.05) is 48.7 Å². The number of halogens is 1. The number of benzene rings is 2. The van der Waals surface area contributed by atoms with Gasteiger partial charge in [-0.3, -0.25) is 0 Å². The SMILES string of the molecule is Clc1ccc(CSc2cnnc3ccccc23)cc1. The molecule has 1 heterocycles. The van der Waals surface area contributed by atoms with Crippen LogP contribution in [-0.4, -0.2) is 10.2 Å². The molecule has 0 aliphatic rings. The largest absolute Gasteiger partial charge is 0.157 e. The molecule has 0 bridgehead atoms. The van der Waals surface area contributed by atoms with Crippen molar-refractivity contribution in [3.63, 3.8) is 0 Å². The summed E-state index contributed by atoms with van der Waals surface area (Å²) >= 11 is 7.65. The van der Waals surface area contributed by atoms with E-state index in [9.17, 15) is 0 Å². The van der Waals surface area contributed by atoms with E-state index in [2.05, 4.69) is 16.3 Å². The predicted octanol–water partition coefficient (Wildman–Crippen LogP) is 4.58. The standard InChI is InChI=1S/C15H11ClN2S/c16-12-7-5-11(6-8-12)10-19-15-9-17-18-14-4-2-1-3-13(14)15/h1-9H,10H2. The zero-order valence-electron chi connectivity index (χ0n) is 10.1. The average molecular weight is 287 g/mol. The van der Waals surface area contributed by atoms with E-state index in [1.54, 1.807) is 11.8 Å². The maximum atomic E-state index is 5.88. The number of rotatable bonds is 3. The third-order valence-electron chi connectivity index (χ3n) is 2.82. The second kappa shape index (κ2) is 5.59. The Hall–Kier alpha value is -1.58. The monoisotopic (exact) mass is 286 g/mol. The molecule has 94 valence electrons. The fourth-order valence-corrected chi connectivity index (χ4v) is 2.93. The van der Waals surface area contributed by atoms with E-state index in [0.717, 1.165) is 26.6 Å². The van der Waals surface area contributed by atoms with Gasteiger partial charge in [-0.2, -0.15) is 10.2 Å². The van der Waals surface area contributed by atoms with Crippen LogP contribution in [0.5, 0.6) is 0 Å². The molecule has 0 aliphatic heterocycles. The summed E-state index contributed by atoms with van der Waals surface area (Å²) in [5.41, 5.74) is 2.18. The molecule has 3 aromatic rings. The van der Waals surface area contributed by atoms with Crippen LogP contribution in [0.1, 0.15) is 5.56 Å². The molecule has 4 heteroatoms. The Morgan fingerprint density at radius 2 is 1.79 bits per heavy atom. The van der Waals surface area contributed by atoms with Gasteiger partial charge in [0.2, 0.25) is 0 Å². The fourth-order valence-electron chi connectivity index (χ4n) is 1.84. The zero-order chi connectivity index (χ0) is 13.1. The Balaban J connectivity index is 1.84. The second-order valence-corrected chi connectivity index (χ2v) is 5.59. The molecule has 0 saturated carbocycles. The lowest BCUT2D eigenvalue weighted by molar-refractivity contribution is 1.05. The van der Waals surface area contributed by atoms with Crippen LogP contribution < -0.4 is 0 Å². The second-order valence-electron chi connectivity index (χ2n) is 4.14. The molecule has 0 spiro atoms. The Kier molecular flexibility index (Phi) is 3.67. The van der Waals surface area contributed by atoms with Crippen LogP contribution in [0, 0.1) is 0 Å². The topological polar surface area (TPSA) is 25.8 Å². The van der Waals surface area contributed by atoms with E-state index >= 15 is 0 Å². The minimum Gasteiger partial charge on any atom is -0.157 e. The summed E-state index contributed by atoms with van der Waals surface area (Å²) in [6.45, 7) is 0. The lowest BCUT2D eigenvalue weighted by Crippen LogP contribution is -1.87. The van der Waals surface area contributed by atoms with Gasteiger partial charge in [-0.1, -0.05) is 41.9 Å². The van der Waals surface area contributed by atoms with Crippen molar-refractivity contribution in [3.05, 3.63) is 65.3 Å². The van der Waals surface area contributed by atoms with Crippen molar-refractivity contribution in [2.24, 2.45) is 0 Å². The van der Waals surface area contributed by atoms with Crippen molar-refractivity contribution in [3.8, 4) is 0 Å². The molecule has 0 saturated heterocycles. The van der Waals surface area contributed by atoms with Gasteiger partial charge in [0.25, 0.3) is 0 Å². The summed E-state index contributed by atoms with van der Waals surface area (Å²) in [5.74, 6) is 0.896. The lowest BCUT2D eigenvalue weighted by atomic mass is 10.2. The quantitative estimate of drug-likeness (QED) is 0.659. The molecule has 0 atom stereocenters. The number of aromatic nitrogens is 2. The highest BCUT2D eigenvalue weighted by atomic mass is 35.5. The Bertz CT molecular complexity index is 693. The first-order valence-corrected chi connectivity index (χ1v) is 7.27. The maximum Gasteiger partial charge on any atom is 0.0940 e. The molecule has 19 heavy (non-hydrogen) atoms. The van der Waals surface area contributed by atoms with E-state index in [1.165, 1.54) is 5.56 Å². The molecule has 0 aliphatic carbocycles. The lowest BCUT2D eigenvalue weighted by Gasteiger charge is -2.05. The molecule has 0 N–H and O–H groups in total. The van der Waals surface area contributed by atoms with Crippen LogP contribution in [0.15, 0.2) is 59.6 Å². The van der Waals surface area contributed by atoms with Crippen LogP contribution >= 0.6 is 23.4 Å². The summed E-state index contributed by atoms with van der Waals surface area (Å²) in [7, 11) is 0. The van der Waals surface area contributed by atoms with Crippen molar-refractivity contribution in [1.82, 2.24) is 10.2 Å². The molecule has 2 aromatic carbocycles. The molecular formula is C15H11ClN2S. The van der Waals surface area contributed by atoms with Crippen LogP contribution in [-0.2, 0) is 5.75 Å². The van der Waals surface area contributed by atoms with E-state index in [0.29, 0.717) is 0 Å². The summed E-state index contributed by atoms with van der Waals surface area (Å²) in [6, 6.07) is 16.0. The van der Waals surface area contributed by atoms with Gasteiger partial charge >= 0.3 is 0 Å². The molecular weight excluding hydrogens is 276 g/mol. The molecule has 2 nitrogen and oxygen atoms in total. The van der Waals surface area contributed by atoms with Crippen molar-refractivity contribution < 1.29 is 0 Å². The predicted molar refractivity (Wildman–Crippen MR) is 80.6 cm³/mol. The molecule has 0 fully saturated rings. The van der Waals surface area contributed by atoms with Gasteiger partial charge in [0.05, 0.1) is 11.7 Å². The van der Waals surface area contributed by atoms with Crippen LogP contribution in [0.25, 0.3) is 10.9 Å². The molecule has 1 aromatic heterocycles. The van der Waals surface area contributed by atoms with E-state index in [-0.39, 0.29) is 0 Å². The van der Waals surface area contributed by atoms with Crippen LogP contribution in [0.3, 0.4) is 0 Å². The summed E-state index contributed by atoms with van der Waals surface area (Å²) in [5, 5.41) is 10.1. The van der Waals surface area contributed by atoms with Gasteiger partial charge in [-0.05, 0) is 23.8 Å². The first-order chi connectivity index (χ1) is 9.33. The van der Waals surface area contributed by atoms with Gasteiger partial charge in [-0.25, -0.2) is 0 Å². The number of hydrogen-bond acceptors (Lipinski definition) is 3. The maximum absolute atomic E-state index is 5.88. The third kappa shape index (κ3) is 2.88. The third-order valence-corrected chi connectivity index (χ3v) is 4.18. The number of thioether (sulfide) groups is 1. The van der Waals surface area contributed by atoms with Crippen molar-refractivity contribution >= 4 is 34.3 Å². The number of fused-ring (bicyclic) bond motifs is 1. The number of nitrogens with zero attached hydrogens (tertiary/aromatic N) is 2. The Labute approximate surface area is 120 Å². The normalized spacial score (nSPS) is 10.8. The van der Waals surface area contributed by atoms with Gasteiger partial charge in [0, 0.05) is 21.1 Å². The van der Waals surface area contributed by atoms with Gasteiger partial charge in [0.15, 0.2) is 0 Å². The summed E-state index contributed by atoms with van der Waals surface area (Å²) in [4.78, 5) is 1.15. The van der Waals surface area contributed by atoms with Crippen LogP contribution in [0.2, 0.25) is 5.02 Å². The summed E-state index contributed by atoms with van der Waals surface area (Å²) < 4.78 is 0. The Morgan fingerprint density at radius 3 is 2.63 bits per heavy atom. The first-order valence-electron chi connectivity index (χ1n) is 5.90. The van der Waals surface area contributed by atoms with E-state index < -0.39 is 0 Å². The van der Waals surface area contributed by atoms with Crippen molar-refractivity contribution in [2.45, 2.75) is 10.6 Å². The van der Waals surface area contributed by atoms with Crippen LogP contribution in [0.4, 0.5) is 0 Å². The average Bonchev–Trinajstić information content (AvgIpc) is 2.47. The Morgan fingerprint density at radius 1 is 1.00 bits per heavy atom. The molecule has 3 rings (SSSR count). The van der Waals surface area contributed by atoms with Gasteiger partial charge in [-0.15, -0.1) is 11.8 Å². The van der Waals surface area contributed by atoms with E-state index in [4.69, 9.17) is 11.6 Å². The van der Waals surface area contributed by atoms with Gasteiger partial charge in [0.1, 0.15) is 0 Å². The minimum absolute atomic E-state index is 0.768. The smallest absolute Gasteiger partial charge is 0.0940 e. The molecule has 0 amide bonds. The first kappa shape index (κ1) is 12.5. The zero-order valence-corrected chi connectivity index (χ0v) is 11.7. The van der Waals surface area contributed by atoms with Gasteiger partial charge < -0.3 is 0 Å². The minimum atomic E-state index is 0.768. The summed E-state index contributed by atoms with van der Waals surface area (Å²) in [6.07, 6.45) is 1.82. The highest BCUT2D eigenvalue weighted by Gasteiger charge is 2.03. The van der Waals surface area contributed by atoms with Crippen molar-refractivity contribution in [1.29, 1.82) is 0 Å². The number of hydrogen-bond donors (Lipinski definition) is 0.